The molecule has 6 heterocycles. The highest BCUT2D eigenvalue weighted by atomic mass is 79.9. The number of sulfonamides is 3. The van der Waals surface area contributed by atoms with Gasteiger partial charge in [0.2, 0.25) is 17.7 Å². The summed E-state index contributed by atoms with van der Waals surface area (Å²) < 4.78 is 124. The highest BCUT2D eigenvalue weighted by Gasteiger charge is 2.38. The number of rotatable bonds is 24. The van der Waals surface area contributed by atoms with Crippen LogP contribution in [-0.4, -0.2) is 117 Å². The number of aromatic nitrogens is 3. The molecule has 3 amide bonds. The lowest BCUT2D eigenvalue weighted by Crippen LogP contribution is -2.24. The van der Waals surface area contributed by atoms with Crippen LogP contribution in [0.5, 0.6) is 34.5 Å². The summed E-state index contributed by atoms with van der Waals surface area (Å²) in [5.74, 6) is 4.08. The summed E-state index contributed by atoms with van der Waals surface area (Å²) in [5, 5.41) is 4.28. The maximum Gasteiger partial charge on any atom is 0.266 e. The van der Waals surface area contributed by atoms with Crippen LogP contribution in [0.4, 0.5) is 34.1 Å². The number of halogens is 4. The van der Waals surface area contributed by atoms with Crippen molar-refractivity contribution < 1.29 is 68.1 Å². The normalized spacial score (nSPS) is 18.1. The molecule has 3 aliphatic carbocycles. The Hall–Kier alpha value is -8.62. The number of nitrogens with zero attached hydrogens (tertiary/aromatic N) is 6. The average molecular weight is 1820 g/mol. The molecule has 3 atom stereocenters. The van der Waals surface area contributed by atoms with Crippen LogP contribution in [0.15, 0.2) is 163 Å². The quantitative estimate of drug-likeness (QED) is 0.0474. The van der Waals surface area contributed by atoms with Gasteiger partial charge < -0.3 is 43.1 Å². The number of methoxy groups -OCH3 is 3. The number of aryl methyl sites for hydroxylation is 4. The predicted octanol–water partition coefficient (Wildman–Crippen LogP) is 18.6. The fourth-order valence-corrected chi connectivity index (χ4v) is 22.9. The zero-order chi connectivity index (χ0) is 80.9. The number of amides is 3. The average Bonchev–Trinajstić information content (AvgIpc) is 1.73. The first-order chi connectivity index (χ1) is 54.5. The van der Waals surface area contributed by atoms with Crippen LogP contribution in [0.2, 0.25) is 10.3 Å². The molecular formula is C83H93Br2Cl2N9O15S4. The Morgan fingerprint density at radius 1 is 0.470 bits per heavy atom. The summed E-state index contributed by atoms with van der Waals surface area (Å²) in [6.45, 7) is 6.70. The minimum absolute atomic E-state index is 0. The summed E-state index contributed by atoms with van der Waals surface area (Å²) >= 11 is 20.1. The minimum Gasteiger partial charge on any atom is -0.493 e. The van der Waals surface area contributed by atoms with E-state index in [2.05, 4.69) is 56.1 Å². The van der Waals surface area contributed by atoms with Crippen LogP contribution in [0.25, 0.3) is 0 Å². The van der Waals surface area contributed by atoms with Crippen molar-refractivity contribution in [3.05, 3.63) is 191 Å². The number of pyridine rings is 1. The third-order valence-electron chi connectivity index (χ3n) is 21.2. The van der Waals surface area contributed by atoms with Gasteiger partial charge in [0.05, 0.1) is 71.3 Å². The molecule has 6 fully saturated rings. The van der Waals surface area contributed by atoms with Gasteiger partial charge in [-0.3, -0.25) is 33.2 Å². The molecule has 115 heavy (non-hydrogen) atoms. The fraction of sp³-hybridized carbons (Fsp3) is 0.386. The van der Waals surface area contributed by atoms with Crippen LogP contribution in [0, 0.1) is 20.8 Å². The Bertz CT molecular complexity index is 5230. The first-order valence-corrected chi connectivity index (χ1v) is 45.3. The van der Waals surface area contributed by atoms with Crippen LogP contribution >= 0.6 is 66.4 Å². The van der Waals surface area contributed by atoms with Crippen molar-refractivity contribution >= 4 is 148 Å². The highest BCUT2D eigenvalue weighted by Crippen LogP contribution is 2.45. The summed E-state index contributed by atoms with van der Waals surface area (Å²) in [5.41, 5.74) is 6.30. The number of benzene rings is 6. The SMILES string of the molecule is C.COc1ccc(C2CC(=O)N(c3cccc(NS(=O)(=O)c4c(C)nn(C)c4Cl)c3)C2)cc1OC1CCCC1.COc1ccc(C2CC(=O)N(c3cccc(NS(=O)(=O)c4c(C)sc(C)c4Br)c3)C2)cc1OC1CCCC1.COc1ccc(C2CC(=O)N(c3cccc(NS(=O)(=O)c4cnc(Cl)c(Br)c4)c3)C2)cc1OC1CCCC1. The smallest absolute Gasteiger partial charge is 0.266 e. The van der Waals surface area contributed by atoms with Gasteiger partial charge in [-0.25, -0.2) is 30.2 Å². The molecule has 6 aromatic carbocycles. The monoisotopic (exact) mass is 1810 g/mol. The molecule has 0 radical (unpaired) electrons. The Morgan fingerprint density at radius 2 is 0.826 bits per heavy atom. The summed E-state index contributed by atoms with van der Waals surface area (Å²) in [6, 6.07) is 39.6. The topological polar surface area (TPSA) is 286 Å². The van der Waals surface area contributed by atoms with Gasteiger partial charge in [0.25, 0.3) is 30.1 Å². The zero-order valence-corrected chi connectivity index (χ0v) is 71.9. The van der Waals surface area contributed by atoms with Crippen molar-refractivity contribution in [2.45, 2.75) is 175 Å². The minimum atomic E-state index is -3.98. The zero-order valence-electron chi connectivity index (χ0n) is 63.9. The van der Waals surface area contributed by atoms with Gasteiger partial charge in [-0.05, 0) is 243 Å². The number of hydrogen-bond donors (Lipinski definition) is 3. The number of hydrogen-bond acceptors (Lipinski definition) is 18. The van der Waals surface area contributed by atoms with E-state index in [1.165, 1.54) is 66.8 Å². The van der Waals surface area contributed by atoms with E-state index >= 15 is 0 Å². The number of carbonyl (C=O) groups excluding carboxylic acids is 3. The fourth-order valence-electron chi connectivity index (χ4n) is 15.5. The van der Waals surface area contributed by atoms with E-state index in [1.54, 1.807) is 124 Å². The number of thiophene rings is 1. The molecule has 6 aliphatic rings. The van der Waals surface area contributed by atoms with Crippen molar-refractivity contribution in [1.29, 1.82) is 0 Å². The molecule has 3 saturated carbocycles. The molecule has 0 bridgehead atoms. The third kappa shape index (κ3) is 20.0. The molecule has 24 nitrogen and oxygen atoms in total. The number of nitrogens with one attached hydrogen (secondary N) is 3. The van der Waals surface area contributed by atoms with Crippen LogP contribution < -0.4 is 57.3 Å². The molecule has 3 saturated heterocycles. The van der Waals surface area contributed by atoms with E-state index in [9.17, 15) is 39.6 Å². The van der Waals surface area contributed by atoms with E-state index in [1.807, 2.05) is 67.6 Å². The second-order valence-corrected chi connectivity index (χ2v) is 37.8. The van der Waals surface area contributed by atoms with Gasteiger partial charge in [-0.2, -0.15) is 5.10 Å². The van der Waals surface area contributed by atoms with E-state index in [0.29, 0.717) is 121 Å². The lowest BCUT2D eigenvalue weighted by molar-refractivity contribution is -0.118. The van der Waals surface area contributed by atoms with Crippen molar-refractivity contribution in [3.63, 3.8) is 0 Å². The van der Waals surface area contributed by atoms with Gasteiger partial charge >= 0.3 is 0 Å². The van der Waals surface area contributed by atoms with E-state index in [-0.39, 0.29) is 86.2 Å². The van der Waals surface area contributed by atoms with Crippen LogP contribution in [-0.2, 0) is 51.5 Å². The van der Waals surface area contributed by atoms with E-state index in [0.717, 1.165) is 65.8 Å². The van der Waals surface area contributed by atoms with Gasteiger partial charge in [0.1, 0.15) is 25.0 Å². The van der Waals surface area contributed by atoms with E-state index in [4.69, 9.17) is 51.6 Å². The number of ether oxygens (including phenoxy) is 6. The van der Waals surface area contributed by atoms with E-state index < -0.39 is 30.1 Å². The molecule has 612 valence electrons. The first-order valence-electron chi connectivity index (χ1n) is 37.6. The molecule has 3 aromatic heterocycles. The Kier molecular flexibility index (Phi) is 27.5. The van der Waals surface area contributed by atoms with Gasteiger partial charge in [-0.1, -0.05) is 67.0 Å². The number of carbonyl (C=O) groups is 3. The second kappa shape index (κ2) is 36.9. The lowest BCUT2D eigenvalue weighted by Gasteiger charge is -2.20. The van der Waals surface area contributed by atoms with Crippen LogP contribution in [0.1, 0.15) is 154 Å². The summed E-state index contributed by atoms with van der Waals surface area (Å²) in [6.07, 6.45) is 16.1. The van der Waals surface area contributed by atoms with Gasteiger partial charge in [0, 0.05) is 96.7 Å². The van der Waals surface area contributed by atoms with Crippen molar-refractivity contribution in [3.8, 4) is 34.5 Å². The van der Waals surface area contributed by atoms with Crippen LogP contribution in [0.3, 0.4) is 0 Å². The maximum atomic E-state index is 13.2. The molecular weight excluding hydrogens is 1720 g/mol. The van der Waals surface area contributed by atoms with Crippen molar-refractivity contribution in [1.82, 2.24) is 14.8 Å². The Balaban J connectivity index is 0.000000159. The number of anilines is 6. The highest BCUT2D eigenvalue weighted by molar-refractivity contribution is 9.11. The third-order valence-corrected chi connectivity index (χ3v) is 30.0. The molecule has 3 unspecified atom stereocenters. The largest absolute Gasteiger partial charge is 0.493 e. The Labute approximate surface area is 703 Å². The lowest BCUT2D eigenvalue weighted by atomic mass is 9.98. The van der Waals surface area contributed by atoms with Crippen molar-refractivity contribution in [2.75, 3.05) is 69.8 Å². The summed E-state index contributed by atoms with van der Waals surface area (Å²) in [7, 11) is -5.22. The maximum absolute atomic E-state index is 13.2. The predicted molar refractivity (Wildman–Crippen MR) is 457 cm³/mol. The van der Waals surface area contributed by atoms with Gasteiger partial charge in [0.15, 0.2) is 34.5 Å². The molecule has 15 rings (SSSR count). The standard InChI is InChI=1S/C28H31BrN2O5S2.C27H27BrClN3O5S.C27H31ClN4O5S.CH4/c1-17-27(29)28(18(2)37-17)38(33,34)30-21-7-6-8-22(15-21)31-16-20(14-26(31)32)19-11-12-24(35-3)25(13-19)36-23-9-4-5-10-23;1-36-24-10-9-17(11-25(24)37-21-7-2-3-8-21)18-12-26(33)32(16-18)20-6-4-5-19(13-20)31-38(34,35)22-14-23(28)27(29)30-15-22;1-17-26(27(28)31(2)29-17)38(34,35)30-20-7-6-8-21(15-20)32-16-19(14-25(32)33)18-11-12-23(36-3)24(13-18)37-22-9-4-5-10-22;/h6-8,11-13,15,20,23,30H,4-5,9-10,14,16H2,1-3H3;4-6,9-11,13-15,18,21,31H,2-3,7-8,12,16H2,1H3;6-8,11-13,15,19,22,30H,4-5,9-10,14,16H2,1-3H3;1H4. The second-order valence-electron chi connectivity index (χ2n) is 29.1. The summed E-state index contributed by atoms with van der Waals surface area (Å²) in [4.78, 5) is 49.9. The molecule has 3 N–H and O–H groups in total. The first kappa shape index (κ1) is 85.7. The molecule has 3 aliphatic heterocycles. The Morgan fingerprint density at radius 3 is 1.15 bits per heavy atom. The molecule has 0 spiro atoms. The molecule has 32 heteroatoms. The molecule has 9 aromatic rings. The van der Waals surface area contributed by atoms with Crippen molar-refractivity contribution in [2.24, 2.45) is 7.05 Å². The van der Waals surface area contributed by atoms with Gasteiger partial charge in [-0.15, -0.1) is 11.3 Å².